The van der Waals surface area contributed by atoms with Gasteiger partial charge in [0.1, 0.15) is 0 Å². The third-order valence-electron chi connectivity index (χ3n) is 3.30. The van der Waals surface area contributed by atoms with E-state index >= 15 is 0 Å². The molecule has 0 radical (unpaired) electrons. The number of hydrogen-bond acceptors (Lipinski definition) is 5. The lowest BCUT2D eigenvalue weighted by Crippen LogP contribution is -2.35. The molecule has 1 aliphatic rings. The minimum atomic E-state index is -0.0441. The van der Waals surface area contributed by atoms with E-state index in [0.29, 0.717) is 0 Å². The summed E-state index contributed by atoms with van der Waals surface area (Å²) in [6.45, 7) is 2.93. The van der Waals surface area contributed by atoms with E-state index in [1.54, 1.807) is 23.1 Å². The van der Waals surface area contributed by atoms with Crippen molar-refractivity contribution >= 4 is 34.7 Å². The highest BCUT2D eigenvalue weighted by Gasteiger charge is 2.21. The van der Waals surface area contributed by atoms with E-state index in [1.165, 1.54) is 0 Å². The van der Waals surface area contributed by atoms with Crippen molar-refractivity contribution in [1.29, 1.82) is 0 Å². The molecule has 1 aliphatic heterocycles. The fraction of sp³-hybridized carbons (Fsp3) is 0.333. The number of hydrogen-bond donors (Lipinski definition) is 2. The first-order chi connectivity index (χ1) is 10.2. The molecule has 1 atom stereocenters. The van der Waals surface area contributed by atoms with Gasteiger partial charge in [0.2, 0.25) is 5.91 Å². The standard InChI is InChI=1S/C15H17N3OS2/c1-10-9-20-15(17-10)21-12-6-4-11(5-7-12)18-14(19)13-3-2-8-16-13/h4-7,9,13,16H,2-3,8H2,1H3,(H,18,19). The molecule has 0 spiro atoms. The number of carbonyl (C=O) groups is 1. The van der Waals surface area contributed by atoms with Gasteiger partial charge < -0.3 is 10.6 Å². The van der Waals surface area contributed by atoms with Gasteiger partial charge in [-0.25, -0.2) is 4.98 Å². The van der Waals surface area contributed by atoms with Crippen molar-refractivity contribution in [1.82, 2.24) is 10.3 Å². The molecule has 110 valence electrons. The number of benzene rings is 1. The first-order valence-electron chi connectivity index (χ1n) is 6.95. The van der Waals surface area contributed by atoms with Gasteiger partial charge in [0.15, 0.2) is 4.34 Å². The number of amides is 1. The Hall–Kier alpha value is -1.37. The van der Waals surface area contributed by atoms with Crippen LogP contribution in [-0.4, -0.2) is 23.5 Å². The number of carbonyl (C=O) groups excluding carboxylic acids is 1. The number of nitrogens with zero attached hydrogens (tertiary/aromatic N) is 1. The van der Waals surface area contributed by atoms with Gasteiger partial charge in [0.05, 0.1) is 6.04 Å². The van der Waals surface area contributed by atoms with Crippen LogP contribution < -0.4 is 10.6 Å². The summed E-state index contributed by atoms with van der Waals surface area (Å²) in [7, 11) is 0. The molecule has 1 amide bonds. The van der Waals surface area contributed by atoms with E-state index in [9.17, 15) is 4.79 Å². The Bertz CT molecular complexity index is 618. The number of anilines is 1. The maximum Gasteiger partial charge on any atom is 0.241 e. The molecule has 3 rings (SSSR count). The Morgan fingerprint density at radius 2 is 2.24 bits per heavy atom. The number of rotatable bonds is 4. The van der Waals surface area contributed by atoms with Crippen molar-refractivity contribution in [3.05, 3.63) is 35.3 Å². The maximum atomic E-state index is 12.0. The molecule has 0 saturated carbocycles. The van der Waals surface area contributed by atoms with Gasteiger partial charge in [-0.3, -0.25) is 4.79 Å². The monoisotopic (exact) mass is 319 g/mol. The largest absolute Gasteiger partial charge is 0.325 e. The second-order valence-electron chi connectivity index (χ2n) is 5.02. The van der Waals surface area contributed by atoms with Crippen LogP contribution in [0.25, 0.3) is 0 Å². The molecule has 4 nitrogen and oxygen atoms in total. The van der Waals surface area contributed by atoms with Crippen molar-refractivity contribution in [2.75, 3.05) is 11.9 Å². The quantitative estimate of drug-likeness (QED) is 0.908. The van der Waals surface area contributed by atoms with Gasteiger partial charge in [0.25, 0.3) is 0 Å². The van der Waals surface area contributed by atoms with Crippen molar-refractivity contribution in [3.8, 4) is 0 Å². The topological polar surface area (TPSA) is 54.0 Å². The Kier molecular flexibility index (Phi) is 4.57. The molecule has 2 N–H and O–H groups in total. The minimum absolute atomic E-state index is 0.0441. The summed E-state index contributed by atoms with van der Waals surface area (Å²) >= 11 is 3.29. The van der Waals surface area contributed by atoms with Crippen LogP contribution in [0.1, 0.15) is 18.5 Å². The molecule has 1 unspecified atom stereocenters. The molecule has 1 aromatic carbocycles. The van der Waals surface area contributed by atoms with Gasteiger partial charge in [0, 0.05) is 21.7 Å². The van der Waals surface area contributed by atoms with Gasteiger partial charge in [-0.15, -0.1) is 11.3 Å². The fourth-order valence-corrected chi connectivity index (χ4v) is 4.03. The van der Waals surface area contributed by atoms with Crippen LogP contribution in [0.3, 0.4) is 0 Å². The Balaban J connectivity index is 1.59. The minimum Gasteiger partial charge on any atom is -0.325 e. The fourth-order valence-electron chi connectivity index (χ4n) is 2.22. The third kappa shape index (κ3) is 3.84. The van der Waals surface area contributed by atoms with E-state index in [-0.39, 0.29) is 11.9 Å². The van der Waals surface area contributed by atoms with E-state index < -0.39 is 0 Å². The summed E-state index contributed by atoms with van der Waals surface area (Å²) in [6.07, 6.45) is 1.99. The highest BCUT2D eigenvalue weighted by molar-refractivity contribution is 8.01. The second-order valence-corrected chi connectivity index (χ2v) is 7.20. The molecule has 6 heteroatoms. The van der Waals surface area contributed by atoms with E-state index in [1.807, 2.05) is 36.6 Å². The van der Waals surface area contributed by atoms with E-state index in [0.717, 1.165) is 40.0 Å². The molecule has 0 bridgehead atoms. The van der Waals surface area contributed by atoms with Crippen LogP contribution in [0.15, 0.2) is 38.9 Å². The van der Waals surface area contributed by atoms with Crippen molar-refractivity contribution in [2.24, 2.45) is 0 Å². The SMILES string of the molecule is Cc1csc(Sc2ccc(NC(=O)C3CCCN3)cc2)n1. The van der Waals surface area contributed by atoms with Crippen molar-refractivity contribution in [2.45, 2.75) is 35.0 Å². The van der Waals surface area contributed by atoms with Crippen molar-refractivity contribution < 1.29 is 4.79 Å². The Morgan fingerprint density at radius 1 is 1.43 bits per heavy atom. The smallest absolute Gasteiger partial charge is 0.241 e. The highest BCUT2D eigenvalue weighted by atomic mass is 32.2. The first-order valence-corrected chi connectivity index (χ1v) is 8.64. The average Bonchev–Trinajstić information content (AvgIpc) is 3.13. The highest BCUT2D eigenvalue weighted by Crippen LogP contribution is 2.30. The van der Waals surface area contributed by atoms with Gasteiger partial charge in [-0.05, 0) is 50.6 Å². The van der Waals surface area contributed by atoms with Crippen molar-refractivity contribution in [3.63, 3.8) is 0 Å². The van der Waals surface area contributed by atoms with Crippen LogP contribution in [0.5, 0.6) is 0 Å². The zero-order valence-electron chi connectivity index (χ0n) is 11.8. The Morgan fingerprint density at radius 3 is 2.86 bits per heavy atom. The molecule has 0 aliphatic carbocycles. The molecule has 1 aromatic heterocycles. The van der Waals surface area contributed by atoms with E-state index in [4.69, 9.17) is 0 Å². The molecular formula is C15H17N3OS2. The van der Waals surface area contributed by atoms with Crippen LogP contribution in [0.2, 0.25) is 0 Å². The summed E-state index contributed by atoms with van der Waals surface area (Å²) in [4.78, 5) is 17.6. The average molecular weight is 319 g/mol. The van der Waals surface area contributed by atoms with Crippen LogP contribution in [-0.2, 0) is 4.79 Å². The Labute approximate surface area is 132 Å². The summed E-state index contributed by atoms with van der Waals surface area (Å²) in [5.41, 5.74) is 1.89. The lowest BCUT2D eigenvalue weighted by Gasteiger charge is -2.11. The summed E-state index contributed by atoms with van der Waals surface area (Å²) in [5.74, 6) is 0.0588. The van der Waals surface area contributed by atoms with Gasteiger partial charge in [-0.2, -0.15) is 0 Å². The number of aryl methyl sites for hydroxylation is 1. The van der Waals surface area contributed by atoms with Gasteiger partial charge >= 0.3 is 0 Å². The molecule has 21 heavy (non-hydrogen) atoms. The normalized spacial score (nSPS) is 17.9. The molecule has 2 heterocycles. The number of aromatic nitrogens is 1. The lowest BCUT2D eigenvalue weighted by atomic mass is 10.2. The molecular weight excluding hydrogens is 302 g/mol. The predicted octanol–water partition coefficient (Wildman–Crippen LogP) is 3.29. The van der Waals surface area contributed by atoms with E-state index in [2.05, 4.69) is 15.6 Å². The zero-order valence-corrected chi connectivity index (χ0v) is 13.4. The number of nitrogens with one attached hydrogen (secondary N) is 2. The van der Waals surface area contributed by atoms with Crippen LogP contribution >= 0.6 is 23.1 Å². The third-order valence-corrected chi connectivity index (χ3v) is 5.37. The summed E-state index contributed by atoms with van der Waals surface area (Å²) in [6, 6.07) is 7.86. The molecule has 1 fully saturated rings. The predicted molar refractivity (Wildman–Crippen MR) is 87.1 cm³/mol. The lowest BCUT2D eigenvalue weighted by molar-refractivity contribution is -0.117. The summed E-state index contributed by atoms with van der Waals surface area (Å²) in [5, 5.41) is 8.20. The summed E-state index contributed by atoms with van der Waals surface area (Å²) < 4.78 is 1.04. The maximum absolute atomic E-state index is 12.0. The zero-order chi connectivity index (χ0) is 14.7. The molecule has 1 saturated heterocycles. The number of thiazole rings is 1. The van der Waals surface area contributed by atoms with Crippen LogP contribution in [0.4, 0.5) is 5.69 Å². The first kappa shape index (κ1) is 14.6. The molecule has 2 aromatic rings. The van der Waals surface area contributed by atoms with Gasteiger partial charge in [-0.1, -0.05) is 11.8 Å². The second kappa shape index (κ2) is 6.60. The van der Waals surface area contributed by atoms with Crippen LogP contribution in [0, 0.1) is 6.92 Å².